The first-order valence-corrected chi connectivity index (χ1v) is 7.70. The molecule has 3 nitrogen and oxygen atoms in total. The van der Waals surface area contributed by atoms with Crippen molar-refractivity contribution < 1.29 is 4.42 Å². The minimum absolute atomic E-state index is 0.240. The van der Waals surface area contributed by atoms with Crippen LogP contribution in [0.15, 0.2) is 23.0 Å². The van der Waals surface area contributed by atoms with Crippen LogP contribution in [0.1, 0.15) is 45.6 Å². The van der Waals surface area contributed by atoms with E-state index < -0.39 is 0 Å². The number of nitrogens with one attached hydrogen (secondary N) is 1. The van der Waals surface area contributed by atoms with Gasteiger partial charge in [-0.2, -0.15) is 0 Å². The second-order valence-corrected chi connectivity index (χ2v) is 5.85. The molecule has 2 rings (SSSR count). The Balaban J connectivity index is 2.14. The molecule has 0 bridgehead atoms. The van der Waals surface area contributed by atoms with Crippen LogP contribution < -0.4 is 5.32 Å². The molecule has 0 amide bonds. The van der Waals surface area contributed by atoms with Crippen molar-refractivity contribution in [2.75, 3.05) is 19.6 Å². The molecule has 0 saturated carbocycles. The van der Waals surface area contributed by atoms with Crippen molar-refractivity contribution in [2.45, 2.75) is 58.0 Å². The Morgan fingerprint density at radius 1 is 1.37 bits per heavy atom. The minimum Gasteiger partial charge on any atom is -0.472 e. The van der Waals surface area contributed by atoms with Gasteiger partial charge in [0.1, 0.15) is 0 Å². The van der Waals surface area contributed by atoms with Crippen LogP contribution in [0.5, 0.6) is 0 Å². The third-order valence-corrected chi connectivity index (χ3v) is 4.77. The molecule has 1 aliphatic rings. The summed E-state index contributed by atoms with van der Waals surface area (Å²) in [6.07, 6.45) is 8.58. The zero-order valence-electron chi connectivity index (χ0n) is 12.6. The minimum atomic E-state index is 0.240. The third-order valence-electron chi connectivity index (χ3n) is 4.77. The van der Waals surface area contributed by atoms with Crippen LogP contribution in [0, 0.1) is 0 Å². The van der Waals surface area contributed by atoms with E-state index in [-0.39, 0.29) is 5.54 Å². The van der Waals surface area contributed by atoms with E-state index in [1.807, 2.05) is 6.26 Å². The van der Waals surface area contributed by atoms with E-state index in [1.165, 1.54) is 37.9 Å². The van der Waals surface area contributed by atoms with Gasteiger partial charge in [-0.1, -0.05) is 13.8 Å². The van der Waals surface area contributed by atoms with Gasteiger partial charge < -0.3 is 9.73 Å². The van der Waals surface area contributed by atoms with E-state index in [0.717, 1.165) is 13.0 Å². The first-order chi connectivity index (χ1) is 9.20. The Hall–Kier alpha value is -0.800. The van der Waals surface area contributed by atoms with E-state index in [1.54, 1.807) is 6.26 Å². The van der Waals surface area contributed by atoms with E-state index >= 15 is 0 Å². The Labute approximate surface area is 117 Å². The largest absolute Gasteiger partial charge is 0.472 e. The molecule has 0 aliphatic carbocycles. The van der Waals surface area contributed by atoms with Crippen LogP contribution in [-0.2, 0) is 6.42 Å². The highest BCUT2D eigenvalue weighted by molar-refractivity contribution is 5.11. The van der Waals surface area contributed by atoms with Crippen molar-refractivity contribution >= 4 is 0 Å². The number of hydrogen-bond acceptors (Lipinski definition) is 3. The lowest BCUT2D eigenvalue weighted by atomic mass is 9.84. The average molecular weight is 264 g/mol. The van der Waals surface area contributed by atoms with Crippen LogP contribution in [0.2, 0.25) is 0 Å². The zero-order chi connectivity index (χ0) is 13.7. The average Bonchev–Trinajstić information content (AvgIpc) is 3.10. The van der Waals surface area contributed by atoms with Gasteiger partial charge in [-0.25, -0.2) is 0 Å². The molecule has 19 heavy (non-hydrogen) atoms. The van der Waals surface area contributed by atoms with Crippen molar-refractivity contribution in [1.29, 1.82) is 0 Å². The Morgan fingerprint density at radius 3 is 2.63 bits per heavy atom. The summed E-state index contributed by atoms with van der Waals surface area (Å²) >= 11 is 0. The first kappa shape index (κ1) is 14.6. The van der Waals surface area contributed by atoms with Gasteiger partial charge in [0.25, 0.3) is 0 Å². The molecule has 1 N–H and O–H groups in total. The maximum absolute atomic E-state index is 5.22. The molecule has 0 aromatic carbocycles. The highest BCUT2D eigenvalue weighted by Crippen LogP contribution is 2.29. The molecule has 1 aromatic rings. The summed E-state index contributed by atoms with van der Waals surface area (Å²) in [4.78, 5) is 2.68. The third kappa shape index (κ3) is 3.21. The molecule has 2 heterocycles. The predicted molar refractivity (Wildman–Crippen MR) is 79.4 cm³/mol. The van der Waals surface area contributed by atoms with Crippen molar-refractivity contribution in [2.24, 2.45) is 0 Å². The van der Waals surface area contributed by atoms with Gasteiger partial charge in [0.2, 0.25) is 0 Å². The summed E-state index contributed by atoms with van der Waals surface area (Å²) in [6.45, 7) is 10.5. The lowest BCUT2D eigenvalue weighted by molar-refractivity contribution is 0.0846. The SMILES string of the molecule is CCNC(Cc1ccoc1)C(C)(CC)N1CCCC1. The molecular formula is C16H28N2O. The summed E-state index contributed by atoms with van der Waals surface area (Å²) in [7, 11) is 0. The second kappa shape index (κ2) is 6.58. The molecule has 0 spiro atoms. The molecule has 1 aromatic heterocycles. The number of likely N-dealkylation sites (tertiary alicyclic amines) is 1. The molecule has 3 heteroatoms. The summed E-state index contributed by atoms with van der Waals surface area (Å²) in [5.41, 5.74) is 1.54. The molecule has 1 fully saturated rings. The van der Waals surface area contributed by atoms with Crippen LogP contribution >= 0.6 is 0 Å². The monoisotopic (exact) mass is 264 g/mol. The van der Waals surface area contributed by atoms with Gasteiger partial charge in [0.15, 0.2) is 0 Å². The predicted octanol–water partition coefficient (Wildman–Crippen LogP) is 3.06. The molecule has 2 unspecified atom stereocenters. The zero-order valence-corrected chi connectivity index (χ0v) is 12.6. The second-order valence-electron chi connectivity index (χ2n) is 5.85. The molecule has 2 atom stereocenters. The lowest BCUT2D eigenvalue weighted by Crippen LogP contribution is -2.59. The van der Waals surface area contributed by atoms with E-state index in [2.05, 4.69) is 37.1 Å². The summed E-state index contributed by atoms with van der Waals surface area (Å²) < 4.78 is 5.22. The summed E-state index contributed by atoms with van der Waals surface area (Å²) in [5, 5.41) is 3.71. The highest BCUT2D eigenvalue weighted by Gasteiger charge is 2.38. The number of likely N-dealkylation sites (N-methyl/N-ethyl adjacent to an activating group) is 1. The summed E-state index contributed by atoms with van der Waals surface area (Å²) in [5.74, 6) is 0. The van der Waals surface area contributed by atoms with E-state index in [4.69, 9.17) is 4.42 Å². The smallest absolute Gasteiger partial charge is 0.0935 e. The number of furan rings is 1. The van der Waals surface area contributed by atoms with Crippen molar-refractivity contribution in [3.05, 3.63) is 24.2 Å². The van der Waals surface area contributed by atoms with Crippen LogP contribution in [0.4, 0.5) is 0 Å². The fourth-order valence-corrected chi connectivity index (χ4v) is 3.32. The quantitative estimate of drug-likeness (QED) is 0.820. The van der Waals surface area contributed by atoms with E-state index in [9.17, 15) is 0 Å². The lowest BCUT2D eigenvalue weighted by Gasteiger charge is -2.45. The van der Waals surface area contributed by atoms with Gasteiger partial charge in [-0.15, -0.1) is 0 Å². The van der Waals surface area contributed by atoms with Gasteiger partial charge in [0, 0.05) is 11.6 Å². The van der Waals surface area contributed by atoms with Gasteiger partial charge >= 0.3 is 0 Å². The Bertz CT molecular complexity index is 357. The van der Waals surface area contributed by atoms with Crippen LogP contribution in [0.25, 0.3) is 0 Å². The number of nitrogens with zero attached hydrogens (tertiary/aromatic N) is 1. The molecule has 0 radical (unpaired) electrons. The molecular weight excluding hydrogens is 236 g/mol. The standard InChI is InChI=1S/C16H28N2O/c1-4-16(3,18-9-6-7-10-18)15(17-5-2)12-14-8-11-19-13-14/h8,11,13,15,17H,4-7,9-10,12H2,1-3H3. The summed E-state index contributed by atoms with van der Waals surface area (Å²) in [6, 6.07) is 2.57. The normalized spacial score (nSPS) is 21.4. The van der Waals surface area contributed by atoms with Gasteiger partial charge in [0.05, 0.1) is 12.5 Å². The van der Waals surface area contributed by atoms with Gasteiger partial charge in [-0.05, 0) is 63.9 Å². The topological polar surface area (TPSA) is 28.4 Å². The van der Waals surface area contributed by atoms with Crippen LogP contribution in [0.3, 0.4) is 0 Å². The Kier molecular flexibility index (Phi) is 5.06. The van der Waals surface area contributed by atoms with Crippen LogP contribution in [-0.4, -0.2) is 36.1 Å². The van der Waals surface area contributed by atoms with Gasteiger partial charge in [-0.3, -0.25) is 4.90 Å². The van der Waals surface area contributed by atoms with Crippen molar-refractivity contribution in [3.63, 3.8) is 0 Å². The molecule has 108 valence electrons. The Morgan fingerprint density at radius 2 is 2.11 bits per heavy atom. The number of hydrogen-bond donors (Lipinski definition) is 1. The maximum atomic E-state index is 5.22. The first-order valence-electron chi connectivity index (χ1n) is 7.70. The van der Waals surface area contributed by atoms with Crippen molar-refractivity contribution in [3.8, 4) is 0 Å². The maximum Gasteiger partial charge on any atom is 0.0935 e. The fourth-order valence-electron chi connectivity index (χ4n) is 3.32. The fraction of sp³-hybridized carbons (Fsp3) is 0.750. The van der Waals surface area contributed by atoms with E-state index in [0.29, 0.717) is 6.04 Å². The van der Waals surface area contributed by atoms with Crippen molar-refractivity contribution in [1.82, 2.24) is 10.2 Å². The molecule has 1 saturated heterocycles. The number of rotatable bonds is 7. The highest BCUT2D eigenvalue weighted by atomic mass is 16.3. The molecule has 1 aliphatic heterocycles.